The molecule has 6 nitrogen and oxygen atoms in total. The van der Waals surface area contributed by atoms with E-state index in [1.165, 1.54) is 0 Å². The molecule has 0 saturated carbocycles. The normalized spacial score (nSPS) is 13.6. The first kappa shape index (κ1) is 19.4. The summed E-state index contributed by atoms with van der Waals surface area (Å²) in [6.45, 7) is 1.83. The third-order valence-electron chi connectivity index (χ3n) is 3.48. The lowest BCUT2D eigenvalue weighted by Gasteiger charge is -2.18. The number of unbranched alkanes of at least 4 members (excludes halogenated alkanes) is 3. The van der Waals surface area contributed by atoms with Crippen LogP contribution in [0.25, 0.3) is 0 Å². The standard InChI is InChI=1S/C15H26O6/c1-11(9-14(18)19)8-12(10-15(20)21)6-4-2-3-5-7-13(16)17/h11-12H,2-10H2,1H3,(H,16,17)(H,18,19)(H,20,21). The smallest absolute Gasteiger partial charge is 0.303 e. The Morgan fingerprint density at radius 3 is 1.90 bits per heavy atom. The van der Waals surface area contributed by atoms with Crippen LogP contribution in [0.3, 0.4) is 0 Å². The molecule has 0 bridgehead atoms. The van der Waals surface area contributed by atoms with Crippen LogP contribution in [0.4, 0.5) is 0 Å². The molecule has 0 heterocycles. The van der Waals surface area contributed by atoms with E-state index in [4.69, 9.17) is 15.3 Å². The van der Waals surface area contributed by atoms with E-state index in [-0.39, 0.29) is 31.1 Å². The molecule has 0 rings (SSSR count). The lowest BCUT2D eigenvalue weighted by atomic mass is 9.87. The van der Waals surface area contributed by atoms with E-state index in [1.807, 2.05) is 6.92 Å². The van der Waals surface area contributed by atoms with Gasteiger partial charge in [-0.3, -0.25) is 14.4 Å². The van der Waals surface area contributed by atoms with Crippen LogP contribution in [0, 0.1) is 11.8 Å². The zero-order chi connectivity index (χ0) is 16.3. The van der Waals surface area contributed by atoms with Gasteiger partial charge in [0.1, 0.15) is 0 Å². The maximum absolute atomic E-state index is 10.8. The van der Waals surface area contributed by atoms with Crippen LogP contribution in [0.15, 0.2) is 0 Å². The van der Waals surface area contributed by atoms with Crippen molar-refractivity contribution in [2.24, 2.45) is 11.8 Å². The summed E-state index contributed by atoms with van der Waals surface area (Å²) >= 11 is 0. The summed E-state index contributed by atoms with van der Waals surface area (Å²) in [5.74, 6) is -2.53. The lowest BCUT2D eigenvalue weighted by Crippen LogP contribution is -2.14. The van der Waals surface area contributed by atoms with Gasteiger partial charge in [0.25, 0.3) is 0 Å². The molecule has 0 fully saturated rings. The molecule has 0 radical (unpaired) electrons. The molecule has 0 saturated heterocycles. The highest BCUT2D eigenvalue weighted by Gasteiger charge is 2.18. The monoisotopic (exact) mass is 302 g/mol. The largest absolute Gasteiger partial charge is 0.481 e. The van der Waals surface area contributed by atoms with Gasteiger partial charge >= 0.3 is 17.9 Å². The van der Waals surface area contributed by atoms with Gasteiger partial charge in [0.2, 0.25) is 0 Å². The van der Waals surface area contributed by atoms with Crippen LogP contribution in [0.1, 0.15) is 64.7 Å². The Labute approximate surface area is 125 Å². The molecule has 3 N–H and O–H groups in total. The Bertz CT molecular complexity index is 339. The average molecular weight is 302 g/mol. The number of carboxylic acids is 3. The van der Waals surface area contributed by atoms with Crippen molar-refractivity contribution in [2.45, 2.75) is 64.7 Å². The minimum absolute atomic E-state index is 0.00340. The van der Waals surface area contributed by atoms with Crippen molar-refractivity contribution in [3.05, 3.63) is 0 Å². The molecule has 122 valence electrons. The number of hydrogen-bond donors (Lipinski definition) is 3. The molecule has 0 aliphatic rings. The van der Waals surface area contributed by atoms with E-state index >= 15 is 0 Å². The third kappa shape index (κ3) is 13.2. The lowest BCUT2D eigenvalue weighted by molar-refractivity contribution is -0.139. The first-order valence-corrected chi connectivity index (χ1v) is 7.46. The van der Waals surface area contributed by atoms with Crippen LogP contribution in [0.5, 0.6) is 0 Å². The van der Waals surface area contributed by atoms with Gasteiger partial charge < -0.3 is 15.3 Å². The molecule has 21 heavy (non-hydrogen) atoms. The van der Waals surface area contributed by atoms with Crippen molar-refractivity contribution in [3.63, 3.8) is 0 Å². The van der Waals surface area contributed by atoms with Gasteiger partial charge in [-0.05, 0) is 31.1 Å². The first-order valence-electron chi connectivity index (χ1n) is 7.46. The highest BCUT2D eigenvalue weighted by Crippen LogP contribution is 2.24. The Morgan fingerprint density at radius 2 is 1.38 bits per heavy atom. The topological polar surface area (TPSA) is 112 Å². The second-order valence-electron chi connectivity index (χ2n) is 5.75. The van der Waals surface area contributed by atoms with Gasteiger partial charge in [0, 0.05) is 19.3 Å². The molecule has 0 spiro atoms. The number of carbonyl (C=O) groups is 3. The van der Waals surface area contributed by atoms with Crippen LogP contribution in [0.2, 0.25) is 0 Å². The number of rotatable bonds is 13. The van der Waals surface area contributed by atoms with E-state index in [1.54, 1.807) is 0 Å². The summed E-state index contributed by atoms with van der Waals surface area (Å²) in [5.41, 5.74) is 0. The Hall–Kier alpha value is -1.59. The summed E-state index contributed by atoms with van der Waals surface area (Å²) < 4.78 is 0. The highest BCUT2D eigenvalue weighted by atomic mass is 16.4. The molecule has 0 aromatic carbocycles. The zero-order valence-electron chi connectivity index (χ0n) is 12.6. The van der Waals surface area contributed by atoms with Gasteiger partial charge in [-0.2, -0.15) is 0 Å². The Balaban J connectivity index is 3.98. The van der Waals surface area contributed by atoms with Crippen LogP contribution < -0.4 is 0 Å². The maximum Gasteiger partial charge on any atom is 0.303 e. The van der Waals surface area contributed by atoms with Crippen molar-refractivity contribution in [2.75, 3.05) is 0 Å². The van der Waals surface area contributed by atoms with E-state index in [2.05, 4.69) is 0 Å². The Kier molecular flexibility index (Phi) is 10.3. The van der Waals surface area contributed by atoms with Crippen molar-refractivity contribution in [1.82, 2.24) is 0 Å². The fourth-order valence-electron chi connectivity index (χ4n) is 2.56. The van der Waals surface area contributed by atoms with E-state index in [0.717, 1.165) is 25.7 Å². The van der Waals surface area contributed by atoms with Crippen molar-refractivity contribution in [3.8, 4) is 0 Å². The maximum atomic E-state index is 10.8. The summed E-state index contributed by atoms with van der Waals surface area (Å²) in [6, 6.07) is 0. The molecular weight excluding hydrogens is 276 g/mol. The van der Waals surface area contributed by atoms with E-state index in [0.29, 0.717) is 12.8 Å². The van der Waals surface area contributed by atoms with Crippen LogP contribution >= 0.6 is 0 Å². The van der Waals surface area contributed by atoms with E-state index in [9.17, 15) is 14.4 Å². The Morgan fingerprint density at radius 1 is 0.810 bits per heavy atom. The first-order chi connectivity index (χ1) is 9.81. The molecule has 0 aromatic heterocycles. The molecule has 6 heteroatoms. The summed E-state index contributed by atoms with van der Waals surface area (Å²) in [4.78, 5) is 31.8. The number of carboxylic acid groups (broad SMARTS) is 3. The molecular formula is C15H26O6. The molecule has 0 aliphatic heterocycles. The summed E-state index contributed by atoms with van der Waals surface area (Å²) in [5, 5.41) is 26.1. The average Bonchev–Trinajstić information content (AvgIpc) is 2.30. The highest BCUT2D eigenvalue weighted by molar-refractivity contribution is 5.67. The van der Waals surface area contributed by atoms with Crippen molar-refractivity contribution >= 4 is 17.9 Å². The number of aliphatic carboxylic acids is 3. The molecule has 0 aromatic rings. The fourth-order valence-corrected chi connectivity index (χ4v) is 2.56. The second-order valence-corrected chi connectivity index (χ2v) is 5.75. The molecule has 0 aliphatic carbocycles. The van der Waals surface area contributed by atoms with Gasteiger partial charge in [0.15, 0.2) is 0 Å². The van der Waals surface area contributed by atoms with Gasteiger partial charge in [-0.1, -0.05) is 26.2 Å². The molecule has 2 unspecified atom stereocenters. The van der Waals surface area contributed by atoms with Crippen LogP contribution in [-0.4, -0.2) is 33.2 Å². The van der Waals surface area contributed by atoms with Crippen LogP contribution in [-0.2, 0) is 14.4 Å². The fraction of sp³-hybridized carbons (Fsp3) is 0.800. The van der Waals surface area contributed by atoms with Gasteiger partial charge in [-0.15, -0.1) is 0 Å². The predicted molar refractivity (Wildman–Crippen MR) is 77.1 cm³/mol. The molecule has 0 amide bonds. The third-order valence-corrected chi connectivity index (χ3v) is 3.48. The quantitative estimate of drug-likeness (QED) is 0.451. The summed E-state index contributed by atoms with van der Waals surface area (Å²) in [7, 11) is 0. The second kappa shape index (κ2) is 11.1. The number of hydrogen-bond acceptors (Lipinski definition) is 3. The van der Waals surface area contributed by atoms with Gasteiger partial charge in [0.05, 0.1) is 0 Å². The minimum Gasteiger partial charge on any atom is -0.481 e. The van der Waals surface area contributed by atoms with Crippen molar-refractivity contribution in [1.29, 1.82) is 0 Å². The minimum atomic E-state index is -0.856. The predicted octanol–water partition coefficient (Wildman–Crippen LogP) is 3.00. The van der Waals surface area contributed by atoms with Gasteiger partial charge in [-0.25, -0.2) is 0 Å². The SMILES string of the molecule is CC(CC(=O)O)CC(CCCCCCC(=O)O)CC(=O)O. The van der Waals surface area contributed by atoms with E-state index < -0.39 is 17.9 Å². The summed E-state index contributed by atoms with van der Waals surface area (Å²) in [6.07, 6.45) is 4.89. The molecule has 2 atom stereocenters. The van der Waals surface area contributed by atoms with Crippen molar-refractivity contribution < 1.29 is 29.7 Å². The zero-order valence-corrected chi connectivity index (χ0v) is 12.6.